The van der Waals surface area contributed by atoms with Crippen molar-refractivity contribution in [2.45, 2.75) is 0 Å². The first-order valence-corrected chi connectivity index (χ1v) is 17.8. The number of nitrogens with zero attached hydrogens (tertiary/aromatic N) is 6. The van der Waals surface area contributed by atoms with Crippen LogP contribution in [0, 0.1) is 0 Å². The van der Waals surface area contributed by atoms with Crippen molar-refractivity contribution in [1.29, 1.82) is 0 Å². The topological polar surface area (TPSA) is 79.9 Å². The van der Waals surface area contributed by atoms with Gasteiger partial charge in [-0.15, -0.1) is 0 Å². The van der Waals surface area contributed by atoms with Gasteiger partial charge in [0.05, 0.1) is 26.5 Å². The molecule has 0 atom stereocenters. The van der Waals surface area contributed by atoms with Crippen molar-refractivity contribution in [3.05, 3.63) is 169 Å². The molecule has 0 unspecified atom stereocenters. The van der Waals surface area contributed by atoms with E-state index in [1.54, 1.807) is 12.4 Å². The molecule has 0 amide bonds. The second kappa shape index (κ2) is 12.7. The monoisotopic (exact) mass is 750 g/mol. The van der Waals surface area contributed by atoms with Gasteiger partial charge in [-0.3, -0.25) is 9.13 Å². The third kappa shape index (κ3) is 5.55. The van der Waals surface area contributed by atoms with Crippen molar-refractivity contribution in [2.24, 2.45) is 0 Å². The minimum absolute atomic E-state index is 0.542. The van der Waals surface area contributed by atoms with Crippen LogP contribution in [0.2, 0.25) is 0 Å². The normalized spacial score (nSPS) is 11.5. The van der Waals surface area contributed by atoms with E-state index in [-0.39, 0.29) is 0 Å². The Morgan fingerprint density at radius 2 is 0.887 bits per heavy atom. The lowest BCUT2D eigenvalue weighted by molar-refractivity contribution is 0.461. The third-order valence-electron chi connectivity index (χ3n) is 9.28. The molecule has 0 aliphatic carbocycles. The standard InChI is InChI=1S/C44H27BrN6O2/c45-29-26-48-44(49-27-29)28-21-32(52-30-15-17-36-34-9-1-3-11-38(34)50(40(36)24-30)42-13-5-7-19-46-42)23-33(22-28)53-31-16-18-37-35-10-2-4-12-39(35)51(41(37)25-31)43-14-6-8-20-47-43/h1-27H. The average Bonchev–Trinajstić information content (AvgIpc) is 3.71. The summed E-state index contributed by atoms with van der Waals surface area (Å²) in [6, 6.07) is 46.6. The first-order valence-electron chi connectivity index (χ1n) is 17.0. The van der Waals surface area contributed by atoms with Crippen molar-refractivity contribution in [3.8, 4) is 46.0 Å². The Kier molecular flexibility index (Phi) is 7.43. The van der Waals surface area contributed by atoms with E-state index in [0.29, 0.717) is 28.8 Å². The van der Waals surface area contributed by atoms with E-state index in [2.05, 4.69) is 106 Å². The summed E-state index contributed by atoms with van der Waals surface area (Å²) in [6.07, 6.45) is 7.07. The largest absolute Gasteiger partial charge is 0.457 e. The smallest absolute Gasteiger partial charge is 0.159 e. The number of hydrogen-bond acceptors (Lipinski definition) is 6. The Morgan fingerprint density at radius 1 is 0.415 bits per heavy atom. The number of fused-ring (bicyclic) bond motifs is 6. The summed E-state index contributed by atoms with van der Waals surface area (Å²) in [5.41, 5.74) is 4.87. The molecule has 9 heteroatoms. The Bertz CT molecular complexity index is 2780. The zero-order valence-corrected chi connectivity index (χ0v) is 29.6. The van der Waals surface area contributed by atoms with Crippen LogP contribution >= 0.6 is 15.9 Å². The van der Waals surface area contributed by atoms with Crippen molar-refractivity contribution in [3.63, 3.8) is 0 Å². The molecule has 0 saturated carbocycles. The molecule has 0 bridgehead atoms. The van der Waals surface area contributed by atoms with E-state index in [4.69, 9.17) is 9.47 Å². The maximum Gasteiger partial charge on any atom is 0.159 e. The first kappa shape index (κ1) is 30.9. The maximum atomic E-state index is 6.63. The summed E-state index contributed by atoms with van der Waals surface area (Å²) in [5.74, 6) is 4.69. The summed E-state index contributed by atoms with van der Waals surface area (Å²) < 4.78 is 18.4. The summed E-state index contributed by atoms with van der Waals surface area (Å²) in [5, 5.41) is 4.50. The number of rotatable bonds is 7. The second-order valence-corrected chi connectivity index (χ2v) is 13.5. The maximum absolute atomic E-state index is 6.63. The summed E-state index contributed by atoms with van der Waals surface area (Å²) in [6.45, 7) is 0. The van der Waals surface area contributed by atoms with Crippen molar-refractivity contribution in [2.75, 3.05) is 0 Å². The van der Waals surface area contributed by atoms with Crippen LogP contribution in [0.25, 0.3) is 66.6 Å². The Hall–Kier alpha value is -6.84. The third-order valence-corrected chi connectivity index (χ3v) is 9.69. The van der Waals surface area contributed by atoms with Crippen LogP contribution in [-0.2, 0) is 0 Å². The molecule has 8 nitrogen and oxygen atoms in total. The van der Waals surface area contributed by atoms with Crippen LogP contribution in [0.15, 0.2) is 169 Å². The van der Waals surface area contributed by atoms with Gasteiger partial charge in [0.25, 0.3) is 0 Å². The van der Waals surface area contributed by atoms with Gasteiger partial charge in [0, 0.05) is 70.1 Å². The van der Waals surface area contributed by atoms with Crippen LogP contribution in [0.1, 0.15) is 0 Å². The highest BCUT2D eigenvalue weighted by molar-refractivity contribution is 9.10. The molecular formula is C44H27BrN6O2. The number of ether oxygens (including phenoxy) is 2. The predicted molar refractivity (Wildman–Crippen MR) is 212 cm³/mol. The van der Waals surface area contributed by atoms with Crippen LogP contribution in [-0.4, -0.2) is 29.1 Å². The molecule has 0 aliphatic rings. The van der Waals surface area contributed by atoms with E-state index in [0.717, 1.165) is 65.3 Å². The van der Waals surface area contributed by atoms with E-state index in [1.807, 2.05) is 91.3 Å². The Labute approximate surface area is 311 Å². The van der Waals surface area contributed by atoms with Gasteiger partial charge < -0.3 is 9.47 Å². The highest BCUT2D eigenvalue weighted by atomic mass is 79.9. The Morgan fingerprint density at radius 3 is 1.38 bits per heavy atom. The van der Waals surface area contributed by atoms with Crippen molar-refractivity contribution >= 4 is 59.5 Å². The van der Waals surface area contributed by atoms with Crippen LogP contribution in [0.5, 0.6) is 23.0 Å². The molecule has 5 heterocycles. The van der Waals surface area contributed by atoms with Crippen LogP contribution in [0.4, 0.5) is 0 Å². The van der Waals surface area contributed by atoms with Gasteiger partial charge in [-0.2, -0.15) is 0 Å². The second-order valence-electron chi connectivity index (χ2n) is 12.6. The van der Waals surface area contributed by atoms with E-state index in [1.165, 1.54) is 0 Å². The van der Waals surface area contributed by atoms with Crippen molar-refractivity contribution in [1.82, 2.24) is 29.1 Å². The molecule has 10 aromatic rings. The summed E-state index contributed by atoms with van der Waals surface area (Å²) in [7, 11) is 0. The lowest BCUT2D eigenvalue weighted by Gasteiger charge is -2.13. The van der Waals surface area contributed by atoms with Crippen molar-refractivity contribution < 1.29 is 9.47 Å². The average molecular weight is 752 g/mol. The molecule has 0 saturated heterocycles. The van der Waals surface area contributed by atoms with Gasteiger partial charge in [-0.05, 0) is 88.7 Å². The molecule has 5 aromatic heterocycles. The lowest BCUT2D eigenvalue weighted by Crippen LogP contribution is -1.97. The number of aromatic nitrogens is 6. The zero-order chi connectivity index (χ0) is 35.3. The molecule has 5 aromatic carbocycles. The highest BCUT2D eigenvalue weighted by Gasteiger charge is 2.17. The fraction of sp³-hybridized carbons (Fsp3) is 0. The highest BCUT2D eigenvalue weighted by Crippen LogP contribution is 2.39. The van der Waals surface area contributed by atoms with Crippen LogP contribution in [0.3, 0.4) is 0 Å². The van der Waals surface area contributed by atoms with E-state index < -0.39 is 0 Å². The number of pyridine rings is 2. The summed E-state index contributed by atoms with van der Waals surface area (Å²) >= 11 is 3.46. The molecular weight excluding hydrogens is 724 g/mol. The molecule has 252 valence electrons. The summed E-state index contributed by atoms with van der Waals surface area (Å²) in [4.78, 5) is 18.5. The lowest BCUT2D eigenvalue weighted by atomic mass is 10.1. The number of benzene rings is 5. The van der Waals surface area contributed by atoms with Gasteiger partial charge in [0.2, 0.25) is 0 Å². The first-order chi connectivity index (χ1) is 26.2. The van der Waals surface area contributed by atoms with Gasteiger partial charge in [0.15, 0.2) is 5.82 Å². The van der Waals surface area contributed by atoms with E-state index in [9.17, 15) is 0 Å². The Balaban J connectivity index is 1.08. The van der Waals surface area contributed by atoms with E-state index >= 15 is 0 Å². The molecule has 0 aliphatic heterocycles. The van der Waals surface area contributed by atoms with Gasteiger partial charge in [-0.25, -0.2) is 19.9 Å². The number of para-hydroxylation sites is 2. The zero-order valence-electron chi connectivity index (χ0n) is 28.0. The molecule has 10 rings (SSSR count). The van der Waals surface area contributed by atoms with Gasteiger partial charge in [0.1, 0.15) is 34.6 Å². The molecule has 0 radical (unpaired) electrons. The number of hydrogen-bond donors (Lipinski definition) is 0. The van der Waals surface area contributed by atoms with Gasteiger partial charge in [-0.1, -0.05) is 48.5 Å². The molecule has 0 fully saturated rings. The van der Waals surface area contributed by atoms with Gasteiger partial charge >= 0.3 is 0 Å². The minimum Gasteiger partial charge on any atom is -0.457 e. The SMILES string of the molecule is Brc1cnc(-c2cc(Oc3ccc4c5ccccc5n(-c5ccccn5)c4c3)cc(Oc3ccc4c5ccccc5n(-c5ccccn5)c4c3)c2)nc1. The van der Waals surface area contributed by atoms with Crippen LogP contribution < -0.4 is 9.47 Å². The number of halogens is 1. The fourth-order valence-electron chi connectivity index (χ4n) is 7.05. The molecule has 0 N–H and O–H groups in total. The molecule has 53 heavy (non-hydrogen) atoms. The minimum atomic E-state index is 0.542. The predicted octanol–water partition coefficient (Wildman–Crippen LogP) is 11.5. The molecule has 0 spiro atoms. The fourth-order valence-corrected chi connectivity index (χ4v) is 7.25. The quantitative estimate of drug-likeness (QED) is 0.161.